The quantitative estimate of drug-likeness (QED) is 0.652. The SMILES string of the molecule is C=CC(O)CC(=C)Br. The third-order valence-electron chi connectivity index (χ3n) is 0.703. The van der Waals surface area contributed by atoms with E-state index in [2.05, 4.69) is 29.1 Å². The zero-order valence-electron chi connectivity index (χ0n) is 4.60. The number of hydrogen-bond acceptors (Lipinski definition) is 1. The molecular formula is C6H9BrO. The van der Waals surface area contributed by atoms with Crippen molar-refractivity contribution in [3.63, 3.8) is 0 Å². The van der Waals surface area contributed by atoms with Crippen LogP contribution in [0.3, 0.4) is 0 Å². The van der Waals surface area contributed by atoms with E-state index in [-0.39, 0.29) is 0 Å². The van der Waals surface area contributed by atoms with Crippen LogP contribution in [0.25, 0.3) is 0 Å². The summed E-state index contributed by atoms with van der Waals surface area (Å²) in [6, 6.07) is 0. The Hall–Kier alpha value is -0.0800. The first-order chi connectivity index (χ1) is 3.66. The Bertz CT molecular complexity index is 98.7. The Kier molecular flexibility index (Phi) is 3.83. The molecule has 1 unspecified atom stereocenters. The van der Waals surface area contributed by atoms with Crippen LogP contribution in [0.1, 0.15) is 6.42 Å². The van der Waals surface area contributed by atoms with E-state index in [0.29, 0.717) is 6.42 Å². The first kappa shape index (κ1) is 7.92. The molecule has 0 aliphatic carbocycles. The standard InChI is InChI=1S/C6H9BrO/c1-3-6(8)4-5(2)7/h3,6,8H,1-2,4H2. The summed E-state index contributed by atoms with van der Waals surface area (Å²) < 4.78 is 0.796. The van der Waals surface area contributed by atoms with Crippen LogP contribution in [-0.2, 0) is 0 Å². The van der Waals surface area contributed by atoms with E-state index in [1.807, 2.05) is 0 Å². The highest BCUT2D eigenvalue weighted by atomic mass is 79.9. The van der Waals surface area contributed by atoms with Crippen LogP contribution >= 0.6 is 15.9 Å². The van der Waals surface area contributed by atoms with Gasteiger partial charge < -0.3 is 5.11 Å². The van der Waals surface area contributed by atoms with E-state index < -0.39 is 6.10 Å². The largest absolute Gasteiger partial charge is 0.389 e. The molecule has 0 spiro atoms. The number of rotatable bonds is 3. The summed E-state index contributed by atoms with van der Waals surface area (Å²) in [4.78, 5) is 0. The molecule has 0 saturated heterocycles. The second-order valence-electron chi connectivity index (χ2n) is 1.52. The van der Waals surface area contributed by atoms with Gasteiger partial charge >= 0.3 is 0 Å². The lowest BCUT2D eigenvalue weighted by Gasteiger charge is -1.99. The smallest absolute Gasteiger partial charge is 0.0763 e. The van der Waals surface area contributed by atoms with E-state index >= 15 is 0 Å². The van der Waals surface area contributed by atoms with Gasteiger partial charge in [0.05, 0.1) is 6.10 Å². The minimum atomic E-state index is -0.457. The van der Waals surface area contributed by atoms with Gasteiger partial charge in [0.15, 0.2) is 0 Å². The van der Waals surface area contributed by atoms with Gasteiger partial charge in [-0.2, -0.15) is 0 Å². The summed E-state index contributed by atoms with van der Waals surface area (Å²) in [5.74, 6) is 0. The molecule has 46 valence electrons. The fourth-order valence-electron chi connectivity index (χ4n) is 0.310. The van der Waals surface area contributed by atoms with Crippen LogP contribution in [0.4, 0.5) is 0 Å². The monoisotopic (exact) mass is 176 g/mol. The molecule has 0 heterocycles. The van der Waals surface area contributed by atoms with E-state index in [1.54, 1.807) is 0 Å². The molecule has 0 fully saturated rings. The highest BCUT2D eigenvalue weighted by Gasteiger charge is 1.96. The molecule has 1 nitrogen and oxygen atoms in total. The van der Waals surface area contributed by atoms with Crippen molar-refractivity contribution in [3.05, 3.63) is 23.7 Å². The van der Waals surface area contributed by atoms with Gasteiger partial charge in [0.1, 0.15) is 0 Å². The Morgan fingerprint density at radius 2 is 2.38 bits per heavy atom. The lowest BCUT2D eigenvalue weighted by molar-refractivity contribution is 0.226. The molecule has 0 aromatic carbocycles. The maximum absolute atomic E-state index is 8.82. The van der Waals surface area contributed by atoms with Crippen molar-refractivity contribution in [2.24, 2.45) is 0 Å². The summed E-state index contributed by atoms with van der Waals surface area (Å²) in [7, 11) is 0. The highest BCUT2D eigenvalue weighted by molar-refractivity contribution is 9.11. The molecule has 0 saturated carbocycles. The van der Waals surface area contributed by atoms with Crippen molar-refractivity contribution < 1.29 is 5.11 Å². The van der Waals surface area contributed by atoms with Crippen LogP contribution in [0.2, 0.25) is 0 Å². The van der Waals surface area contributed by atoms with Crippen molar-refractivity contribution in [1.29, 1.82) is 0 Å². The van der Waals surface area contributed by atoms with Crippen LogP contribution < -0.4 is 0 Å². The molecule has 0 aliphatic heterocycles. The molecule has 1 N–H and O–H groups in total. The van der Waals surface area contributed by atoms with E-state index in [4.69, 9.17) is 5.11 Å². The van der Waals surface area contributed by atoms with Gasteiger partial charge in [-0.05, 0) is 4.48 Å². The molecule has 0 aromatic heterocycles. The molecule has 8 heavy (non-hydrogen) atoms. The maximum atomic E-state index is 8.82. The van der Waals surface area contributed by atoms with Crippen LogP contribution in [0.5, 0.6) is 0 Å². The minimum absolute atomic E-state index is 0.457. The van der Waals surface area contributed by atoms with Crippen molar-refractivity contribution in [2.75, 3.05) is 0 Å². The second kappa shape index (κ2) is 3.87. The van der Waals surface area contributed by atoms with Crippen LogP contribution in [0, 0.1) is 0 Å². The zero-order valence-corrected chi connectivity index (χ0v) is 6.19. The van der Waals surface area contributed by atoms with Crippen molar-refractivity contribution in [2.45, 2.75) is 12.5 Å². The molecule has 0 bridgehead atoms. The Morgan fingerprint density at radius 3 is 2.50 bits per heavy atom. The minimum Gasteiger partial charge on any atom is -0.389 e. The summed E-state index contributed by atoms with van der Waals surface area (Å²) in [5.41, 5.74) is 0. The molecule has 0 aliphatic rings. The topological polar surface area (TPSA) is 20.2 Å². The number of halogens is 1. The Morgan fingerprint density at radius 1 is 1.88 bits per heavy atom. The average molecular weight is 177 g/mol. The number of aliphatic hydroxyl groups excluding tert-OH is 1. The normalized spacial score (nSPS) is 12.8. The molecule has 2 heteroatoms. The summed E-state index contributed by atoms with van der Waals surface area (Å²) in [6.45, 7) is 6.95. The molecule has 0 amide bonds. The summed E-state index contributed by atoms with van der Waals surface area (Å²) in [6.07, 6.45) is 1.57. The second-order valence-corrected chi connectivity index (χ2v) is 2.65. The first-order valence-electron chi connectivity index (χ1n) is 2.30. The lowest BCUT2D eigenvalue weighted by atomic mass is 10.2. The molecular weight excluding hydrogens is 168 g/mol. The zero-order chi connectivity index (χ0) is 6.57. The number of aliphatic hydroxyl groups is 1. The third kappa shape index (κ3) is 4.09. The first-order valence-corrected chi connectivity index (χ1v) is 3.10. The van der Waals surface area contributed by atoms with Gasteiger partial charge in [0.2, 0.25) is 0 Å². The van der Waals surface area contributed by atoms with Gasteiger partial charge in [-0.25, -0.2) is 0 Å². The number of hydrogen-bond donors (Lipinski definition) is 1. The fourth-order valence-corrected chi connectivity index (χ4v) is 0.642. The maximum Gasteiger partial charge on any atom is 0.0763 e. The molecule has 0 rings (SSSR count). The Balaban J connectivity index is 3.38. The molecule has 0 aromatic rings. The van der Waals surface area contributed by atoms with Gasteiger partial charge in [-0.3, -0.25) is 0 Å². The van der Waals surface area contributed by atoms with E-state index in [1.165, 1.54) is 6.08 Å². The van der Waals surface area contributed by atoms with Gasteiger partial charge in [-0.15, -0.1) is 6.58 Å². The van der Waals surface area contributed by atoms with Crippen molar-refractivity contribution in [3.8, 4) is 0 Å². The van der Waals surface area contributed by atoms with Crippen molar-refractivity contribution >= 4 is 15.9 Å². The predicted molar refractivity (Wildman–Crippen MR) is 38.9 cm³/mol. The van der Waals surface area contributed by atoms with Crippen LogP contribution in [0.15, 0.2) is 23.7 Å². The van der Waals surface area contributed by atoms with E-state index in [0.717, 1.165) is 4.48 Å². The summed E-state index contributed by atoms with van der Waals surface area (Å²) >= 11 is 3.11. The van der Waals surface area contributed by atoms with Gasteiger partial charge in [0.25, 0.3) is 0 Å². The van der Waals surface area contributed by atoms with Gasteiger partial charge in [-0.1, -0.05) is 28.6 Å². The van der Waals surface area contributed by atoms with Crippen LogP contribution in [-0.4, -0.2) is 11.2 Å². The lowest BCUT2D eigenvalue weighted by Crippen LogP contribution is -1.99. The summed E-state index contributed by atoms with van der Waals surface area (Å²) in [5, 5.41) is 8.82. The van der Waals surface area contributed by atoms with Gasteiger partial charge in [0, 0.05) is 6.42 Å². The third-order valence-corrected chi connectivity index (χ3v) is 1.03. The highest BCUT2D eigenvalue weighted by Crippen LogP contribution is 2.09. The average Bonchev–Trinajstić information content (AvgIpc) is 1.65. The Labute approximate surface area is 57.8 Å². The molecule has 0 radical (unpaired) electrons. The fraction of sp³-hybridized carbons (Fsp3) is 0.333. The van der Waals surface area contributed by atoms with E-state index in [9.17, 15) is 0 Å². The van der Waals surface area contributed by atoms with Crippen molar-refractivity contribution in [1.82, 2.24) is 0 Å². The molecule has 1 atom stereocenters. The predicted octanol–water partition coefficient (Wildman–Crippen LogP) is 1.83.